The number of fused-ring (bicyclic) bond motifs is 1. The predicted molar refractivity (Wildman–Crippen MR) is 86.0 cm³/mol. The van der Waals surface area contributed by atoms with Crippen LogP contribution in [-0.2, 0) is 13.5 Å². The summed E-state index contributed by atoms with van der Waals surface area (Å²) in [6.07, 6.45) is 3.39. The van der Waals surface area contributed by atoms with Crippen LogP contribution >= 0.6 is 0 Å². The maximum Gasteiger partial charge on any atom is 0.0718 e. The molecule has 2 atom stereocenters. The van der Waals surface area contributed by atoms with Crippen LogP contribution in [0.4, 0.5) is 0 Å². The third-order valence-electron chi connectivity index (χ3n) is 4.23. The van der Waals surface area contributed by atoms with Crippen molar-refractivity contribution in [3.8, 4) is 0 Å². The molecular formula is C17H27N3. The lowest BCUT2D eigenvalue weighted by Crippen LogP contribution is -2.37. The fraction of sp³-hybridized carbons (Fsp3) is 0.588. The molecule has 0 aliphatic heterocycles. The highest BCUT2D eigenvalue weighted by molar-refractivity contribution is 5.81. The number of aryl methyl sites for hydroxylation is 1. The van der Waals surface area contributed by atoms with Gasteiger partial charge in [0.25, 0.3) is 0 Å². The molecule has 2 rings (SSSR count). The minimum absolute atomic E-state index is 0.512. The third kappa shape index (κ3) is 3.21. The molecule has 1 aromatic carbocycles. The zero-order chi connectivity index (χ0) is 14.5. The van der Waals surface area contributed by atoms with Crippen molar-refractivity contribution in [2.24, 2.45) is 13.0 Å². The quantitative estimate of drug-likeness (QED) is 0.836. The number of hydrogen-bond acceptors (Lipinski definition) is 2. The van der Waals surface area contributed by atoms with Gasteiger partial charge >= 0.3 is 0 Å². The molecule has 0 spiro atoms. The van der Waals surface area contributed by atoms with Crippen molar-refractivity contribution < 1.29 is 0 Å². The van der Waals surface area contributed by atoms with Crippen molar-refractivity contribution >= 4 is 10.9 Å². The number of para-hydroxylation sites is 1. The van der Waals surface area contributed by atoms with E-state index in [4.69, 9.17) is 5.10 Å². The summed E-state index contributed by atoms with van der Waals surface area (Å²) in [4.78, 5) is 0. The second-order valence-corrected chi connectivity index (χ2v) is 5.74. The Labute approximate surface area is 122 Å². The summed E-state index contributed by atoms with van der Waals surface area (Å²) in [5.74, 6) is 0.669. The molecule has 0 fully saturated rings. The van der Waals surface area contributed by atoms with Crippen molar-refractivity contribution in [3.05, 3.63) is 30.0 Å². The van der Waals surface area contributed by atoms with E-state index < -0.39 is 0 Å². The Bertz CT molecular complexity index is 544. The van der Waals surface area contributed by atoms with Gasteiger partial charge < -0.3 is 5.32 Å². The van der Waals surface area contributed by atoms with Crippen LogP contribution in [0.1, 0.15) is 39.3 Å². The van der Waals surface area contributed by atoms with E-state index in [-0.39, 0.29) is 0 Å². The number of aromatic nitrogens is 2. The topological polar surface area (TPSA) is 29.9 Å². The van der Waals surface area contributed by atoms with E-state index in [9.17, 15) is 0 Å². The van der Waals surface area contributed by atoms with Gasteiger partial charge in [0.2, 0.25) is 0 Å². The first-order chi connectivity index (χ1) is 9.67. The molecule has 20 heavy (non-hydrogen) atoms. The van der Waals surface area contributed by atoms with Gasteiger partial charge in [0.1, 0.15) is 0 Å². The Balaban J connectivity index is 2.23. The van der Waals surface area contributed by atoms with Crippen LogP contribution in [0.5, 0.6) is 0 Å². The molecule has 3 nitrogen and oxygen atoms in total. The Morgan fingerprint density at radius 3 is 2.70 bits per heavy atom. The van der Waals surface area contributed by atoms with E-state index >= 15 is 0 Å². The van der Waals surface area contributed by atoms with Crippen LogP contribution in [0, 0.1) is 5.92 Å². The first kappa shape index (κ1) is 15.0. The van der Waals surface area contributed by atoms with Crippen molar-refractivity contribution in [1.29, 1.82) is 0 Å². The average Bonchev–Trinajstić information content (AvgIpc) is 2.79. The van der Waals surface area contributed by atoms with Gasteiger partial charge in [-0.15, -0.1) is 0 Å². The minimum atomic E-state index is 0.512. The zero-order valence-electron chi connectivity index (χ0n) is 13.2. The van der Waals surface area contributed by atoms with Crippen molar-refractivity contribution in [3.63, 3.8) is 0 Å². The first-order valence-electron chi connectivity index (χ1n) is 7.81. The van der Waals surface area contributed by atoms with Crippen molar-refractivity contribution in [2.75, 3.05) is 6.54 Å². The Kier molecular flexibility index (Phi) is 5.18. The van der Waals surface area contributed by atoms with Gasteiger partial charge in [0, 0.05) is 24.9 Å². The molecule has 0 aliphatic carbocycles. The molecule has 2 unspecified atom stereocenters. The minimum Gasteiger partial charge on any atom is -0.313 e. The van der Waals surface area contributed by atoms with Gasteiger partial charge in [0.15, 0.2) is 0 Å². The summed E-state index contributed by atoms with van der Waals surface area (Å²) in [5, 5.41) is 9.72. The van der Waals surface area contributed by atoms with Crippen LogP contribution in [0.2, 0.25) is 0 Å². The molecule has 2 aromatic rings. The van der Waals surface area contributed by atoms with Crippen LogP contribution in [-0.4, -0.2) is 22.4 Å². The van der Waals surface area contributed by atoms with Gasteiger partial charge in [-0.1, -0.05) is 45.4 Å². The van der Waals surface area contributed by atoms with E-state index in [2.05, 4.69) is 50.4 Å². The van der Waals surface area contributed by atoms with Crippen molar-refractivity contribution in [2.45, 2.75) is 46.1 Å². The van der Waals surface area contributed by atoms with Gasteiger partial charge in [-0.2, -0.15) is 5.10 Å². The second-order valence-electron chi connectivity index (χ2n) is 5.74. The van der Waals surface area contributed by atoms with E-state index in [1.54, 1.807) is 0 Å². The molecule has 0 saturated heterocycles. The largest absolute Gasteiger partial charge is 0.313 e. The maximum atomic E-state index is 4.73. The zero-order valence-corrected chi connectivity index (χ0v) is 13.2. The molecule has 0 radical (unpaired) electrons. The summed E-state index contributed by atoms with van der Waals surface area (Å²) < 4.78 is 2.00. The second kappa shape index (κ2) is 6.89. The highest BCUT2D eigenvalue weighted by Crippen LogP contribution is 2.21. The fourth-order valence-electron chi connectivity index (χ4n) is 2.74. The third-order valence-corrected chi connectivity index (χ3v) is 4.23. The summed E-state index contributed by atoms with van der Waals surface area (Å²) in [7, 11) is 2.03. The summed E-state index contributed by atoms with van der Waals surface area (Å²) in [6.45, 7) is 7.90. The normalized spacial score (nSPS) is 14.6. The summed E-state index contributed by atoms with van der Waals surface area (Å²) >= 11 is 0. The predicted octanol–water partition coefficient (Wildman–Crippen LogP) is 3.53. The fourth-order valence-corrected chi connectivity index (χ4v) is 2.74. The molecule has 0 saturated carbocycles. The van der Waals surface area contributed by atoms with E-state index in [1.165, 1.54) is 29.4 Å². The molecule has 1 aromatic heterocycles. The molecule has 0 aliphatic rings. The Hall–Kier alpha value is -1.35. The highest BCUT2D eigenvalue weighted by Gasteiger charge is 2.18. The monoisotopic (exact) mass is 273 g/mol. The van der Waals surface area contributed by atoms with E-state index in [0.29, 0.717) is 12.0 Å². The Morgan fingerprint density at radius 1 is 1.25 bits per heavy atom. The summed E-state index contributed by atoms with van der Waals surface area (Å²) in [5.41, 5.74) is 2.44. The van der Waals surface area contributed by atoms with E-state index in [1.807, 2.05) is 11.7 Å². The van der Waals surface area contributed by atoms with Crippen LogP contribution < -0.4 is 5.32 Å². The SMILES string of the molecule is CCCNC(Cc1nn(C)c2ccccc12)C(C)CC. The highest BCUT2D eigenvalue weighted by atomic mass is 15.3. The number of nitrogens with zero attached hydrogens (tertiary/aromatic N) is 2. The number of rotatable bonds is 7. The number of nitrogens with one attached hydrogen (secondary N) is 1. The molecule has 110 valence electrons. The maximum absolute atomic E-state index is 4.73. The van der Waals surface area contributed by atoms with Gasteiger partial charge in [0.05, 0.1) is 11.2 Å². The van der Waals surface area contributed by atoms with Crippen LogP contribution in [0.3, 0.4) is 0 Å². The van der Waals surface area contributed by atoms with Crippen LogP contribution in [0.15, 0.2) is 24.3 Å². The lowest BCUT2D eigenvalue weighted by Gasteiger charge is -2.23. The number of benzene rings is 1. The molecule has 0 amide bonds. The molecule has 3 heteroatoms. The first-order valence-corrected chi connectivity index (χ1v) is 7.81. The van der Waals surface area contributed by atoms with Crippen molar-refractivity contribution in [1.82, 2.24) is 15.1 Å². The lowest BCUT2D eigenvalue weighted by atomic mass is 9.94. The summed E-state index contributed by atoms with van der Waals surface area (Å²) in [6, 6.07) is 9.02. The Morgan fingerprint density at radius 2 is 2.00 bits per heavy atom. The van der Waals surface area contributed by atoms with Gasteiger partial charge in [-0.05, 0) is 24.9 Å². The van der Waals surface area contributed by atoms with E-state index in [0.717, 1.165) is 13.0 Å². The molecular weight excluding hydrogens is 246 g/mol. The molecule has 1 N–H and O–H groups in total. The van der Waals surface area contributed by atoms with Crippen LogP contribution in [0.25, 0.3) is 10.9 Å². The molecule has 0 bridgehead atoms. The smallest absolute Gasteiger partial charge is 0.0718 e. The standard InChI is InChI=1S/C17H27N3/c1-5-11-18-15(13(3)6-2)12-16-14-9-7-8-10-17(14)20(4)19-16/h7-10,13,15,18H,5-6,11-12H2,1-4H3. The average molecular weight is 273 g/mol. The van der Waals surface area contributed by atoms with Gasteiger partial charge in [-0.25, -0.2) is 0 Å². The number of hydrogen-bond donors (Lipinski definition) is 1. The molecule has 1 heterocycles. The lowest BCUT2D eigenvalue weighted by molar-refractivity contribution is 0.362. The van der Waals surface area contributed by atoms with Gasteiger partial charge in [-0.3, -0.25) is 4.68 Å².